The monoisotopic (exact) mass is 226 g/mol. The van der Waals surface area contributed by atoms with Gasteiger partial charge in [0.1, 0.15) is 10.6 Å². The van der Waals surface area contributed by atoms with Crippen molar-refractivity contribution in [2.24, 2.45) is 5.73 Å². The van der Waals surface area contributed by atoms with Crippen molar-refractivity contribution in [1.29, 1.82) is 0 Å². The Morgan fingerprint density at radius 3 is 2.80 bits per heavy atom. The third kappa shape index (κ3) is 2.07. The molecule has 0 atom stereocenters. The summed E-state index contributed by atoms with van der Waals surface area (Å²) in [6.07, 6.45) is 6.60. The van der Waals surface area contributed by atoms with Crippen LogP contribution < -0.4 is 5.73 Å². The zero-order chi connectivity index (χ0) is 10.7. The number of nitrogens with zero attached hydrogens (tertiary/aromatic N) is 1. The largest absolute Gasteiger partial charge is 0.368 e. The van der Waals surface area contributed by atoms with Crippen LogP contribution >= 0.6 is 11.3 Å². The summed E-state index contributed by atoms with van der Waals surface area (Å²) in [4.78, 5) is 5.62. The molecule has 2 rings (SSSR count). The highest BCUT2D eigenvalue weighted by Gasteiger charge is 2.38. The Morgan fingerprint density at radius 2 is 2.27 bits per heavy atom. The molecular weight excluding hydrogens is 208 g/mol. The second kappa shape index (κ2) is 4.60. The summed E-state index contributed by atoms with van der Waals surface area (Å²) in [5.74, 6) is 0. The molecule has 1 aliphatic rings. The highest BCUT2D eigenvalue weighted by atomic mass is 32.1. The fraction of sp³-hybridized carbons (Fsp3) is 0.727. The first-order chi connectivity index (χ1) is 7.30. The van der Waals surface area contributed by atoms with Crippen LogP contribution in [0.4, 0.5) is 0 Å². The Labute approximate surface area is 94.7 Å². The van der Waals surface area contributed by atoms with Gasteiger partial charge in [0.15, 0.2) is 0 Å². The summed E-state index contributed by atoms with van der Waals surface area (Å²) < 4.78 is 5.94. The van der Waals surface area contributed by atoms with E-state index in [0.29, 0.717) is 6.54 Å². The number of hydrogen-bond donors (Lipinski definition) is 1. The lowest BCUT2D eigenvalue weighted by Gasteiger charge is -2.26. The second-order valence-corrected chi connectivity index (χ2v) is 5.09. The van der Waals surface area contributed by atoms with Crippen LogP contribution in [0, 0.1) is 0 Å². The van der Waals surface area contributed by atoms with Crippen LogP contribution in [-0.2, 0) is 16.9 Å². The quantitative estimate of drug-likeness (QED) is 0.857. The Bertz CT molecular complexity index is 318. The van der Waals surface area contributed by atoms with Crippen LogP contribution in [0.1, 0.15) is 42.5 Å². The smallest absolute Gasteiger partial charge is 0.125 e. The van der Waals surface area contributed by atoms with E-state index in [4.69, 9.17) is 10.5 Å². The Kier molecular flexibility index (Phi) is 3.38. The Hall–Kier alpha value is -0.450. The van der Waals surface area contributed by atoms with Gasteiger partial charge in [-0.15, -0.1) is 11.3 Å². The van der Waals surface area contributed by atoms with Crippen molar-refractivity contribution >= 4 is 11.3 Å². The van der Waals surface area contributed by atoms with E-state index in [1.165, 1.54) is 12.8 Å². The molecule has 1 heterocycles. The van der Waals surface area contributed by atoms with Gasteiger partial charge in [-0.2, -0.15) is 0 Å². The van der Waals surface area contributed by atoms with Gasteiger partial charge in [-0.1, -0.05) is 12.8 Å². The summed E-state index contributed by atoms with van der Waals surface area (Å²) in [7, 11) is 0. The molecule has 0 amide bonds. The van der Waals surface area contributed by atoms with Crippen molar-refractivity contribution in [2.45, 2.75) is 44.8 Å². The van der Waals surface area contributed by atoms with Crippen molar-refractivity contribution in [3.05, 3.63) is 16.1 Å². The number of aromatic nitrogens is 1. The number of rotatable bonds is 4. The molecule has 0 radical (unpaired) electrons. The summed E-state index contributed by atoms with van der Waals surface area (Å²) in [6, 6.07) is 0. The lowest BCUT2D eigenvalue weighted by molar-refractivity contribution is -0.0391. The molecule has 0 saturated heterocycles. The zero-order valence-electron chi connectivity index (χ0n) is 9.16. The number of nitrogens with two attached hydrogens (primary N) is 1. The van der Waals surface area contributed by atoms with E-state index in [-0.39, 0.29) is 5.60 Å². The zero-order valence-corrected chi connectivity index (χ0v) is 9.98. The summed E-state index contributed by atoms with van der Waals surface area (Å²) in [5, 5.41) is 1.13. The van der Waals surface area contributed by atoms with Gasteiger partial charge in [0.2, 0.25) is 0 Å². The standard InChI is InChI=1S/C11H18N2OS/c1-2-14-11(5-3-4-6-11)10-13-8-9(7-12)15-10/h8H,2-7,12H2,1H3. The topological polar surface area (TPSA) is 48.1 Å². The van der Waals surface area contributed by atoms with Crippen molar-refractivity contribution in [3.63, 3.8) is 0 Å². The van der Waals surface area contributed by atoms with Crippen LogP contribution in [0.2, 0.25) is 0 Å². The normalized spacial score (nSPS) is 19.6. The van der Waals surface area contributed by atoms with E-state index in [9.17, 15) is 0 Å². The van der Waals surface area contributed by atoms with E-state index < -0.39 is 0 Å². The molecule has 0 bridgehead atoms. The molecule has 0 spiro atoms. The molecule has 15 heavy (non-hydrogen) atoms. The predicted molar refractivity (Wildman–Crippen MR) is 61.8 cm³/mol. The van der Waals surface area contributed by atoms with E-state index in [1.54, 1.807) is 11.3 Å². The third-order valence-corrected chi connectivity index (χ3v) is 4.18. The van der Waals surface area contributed by atoms with Gasteiger partial charge in [0.25, 0.3) is 0 Å². The first-order valence-electron chi connectivity index (χ1n) is 5.60. The summed E-state index contributed by atoms with van der Waals surface area (Å²) in [6.45, 7) is 3.40. The van der Waals surface area contributed by atoms with E-state index in [1.807, 2.05) is 6.20 Å². The van der Waals surface area contributed by atoms with Crippen molar-refractivity contribution in [2.75, 3.05) is 6.61 Å². The third-order valence-electron chi connectivity index (χ3n) is 2.98. The summed E-state index contributed by atoms with van der Waals surface area (Å²) in [5.41, 5.74) is 5.52. The van der Waals surface area contributed by atoms with Gasteiger partial charge in [-0.05, 0) is 19.8 Å². The SMILES string of the molecule is CCOC1(c2ncc(CN)s2)CCCC1. The predicted octanol–water partition coefficient (Wildman–Crippen LogP) is 2.41. The highest BCUT2D eigenvalue weighted by molar-refractivity contribution is 7.11. The molecule has 2 N–H and O–H groups in total. The summed E-state index contributed by atoms with van der Waals surface area (Å²) >= 11 is 1.71. The minimum absolute atomic E-state index is 0.0904. The van der Waals surface area contributed by atoms with Crippen LogP contribution in [-0.4, -0.2) is 11.6 Å². The Morgan fingerprint density at radius 1 is 1.53 bits per heavy atom. The number of hydrogen-bond acceptors (Lipinski definition) is 4. The molecule has 1 fully saturated rings. The molecule has 0 unspecified atom stereocenters. The average molecular weight is 226 g/mol. The fourth-order valence-electron chi connectivity index (χ4n) is 2.25. The first kappa shape index (κ1) is 11.0. The van der Waals surface area contributed by atoms with Crippen LogP contribution in [0.15, 0.2) is 6.20 Å². The lowest BCUT2D eigenvalue weighted by atomic mass is 10.0. The van der Waals surface area contributed by atoms with Crippen LogP contribution in [0.3, 0.4) is 0 Å². The van der Waals surface area contributed by atoms with Gasteiger partial charge >= 0.3 is 0 Å². The highest BCUT2D eigenvalue weighted by Crippen LogP contribution is 2.43. The second-order valence-electron chi connectivity index (χ2n) is 3.97. The maximum atomic E-state index is 5.94. The molecule has 0 aliphatic heterocycles. The molecule has 1 aromatic rings. The van der Waals surface area contributed by atoms with Crippen molar-refractivity contribution in [1.82, 2.24) is 4.98 Å². The molecule has 84 valence electrons. The van der Waals surface area contributed by atoms with Crippen molar-refractivity contribution < 1.29 is 4.74 Å². The molecule has 1 saturated carbocycles. The van der Waals surface area contributed by atoms with Gasteiger partial charge in [-0.25, -0.2) is 4.98 Å². The molecule has 4 heteroatoms. The Balaban J connectivity index is 2.23. The van der Waals surface area contributed by atoms with Crippen LogP contribution in [0.5, 0.6) is 0 Å². The van der Waals surface area contributed by atoms with E-state index in [0.717, 1.165) is 29.3 Å². The van der Waals surface area contributed by atoms with E-state index >= 15 is 0 Å². The lowest BCUT2D eigenvalue weighted by Crippen LogP contribution is -2.25. The maximum Gasteiger partial charge on any atom is 0.125 e. The minimum atomic E-state index is -0.0904. The molecule has 0 aromatic carbocycles. The minimum Gasteiger partial charge on any atom is -0.368 e. The first-order valence-corrected chi connectivity index (χ1v) is 6.41. The molecule has 1 aliphatic carbocycles. The number of thiazole rings is 1. The van der Waals surface area contributed by atoms with Gasteiger partial charge in [-0.3, -0.25) is 0 Å². The number of ether oxygens (including phenoxy) is 1. The molecule has 3 nitrogen and oxygen atoms in total. The average Bonchev–Trinajstić information content (AvgIpc) is 2.85. The maximum absolute atomic E-state index is 5.94. The molecule has 1 aromatic heterocycles. The van der Waals surface area contributed by atoms with E-state index in [2.05, 4.69) is 11.9 Å². The van der Waals surface area contributed by atoms with Gasteiger partial charge in [0, 0.05) is 24.2 Å². The van der Waals surface area contributed by atoms with Gasteiger partial charge in [0.05, 0.1) is 0 Å². The fourth-order valence-corrected chi connectivity index (χ4v) is 3.25. The van der Waals surface area contributed by atoms with Crippen molar-refractivity contribution in [3.8, 4) is 0 Å². The van der Waals surface area contributed by atoms with Crippen LogP contribution in [0.25, 0.3) is 0 Å². The molecular formula is C11H18N2OS. The van der Waals surface area contributed by atoms with Gasteiger partial charge < -0.3 is 10.5 Å².